The normalized spacial score (nSPS) is 18.7. The van der Waals surface area contributed by atoms with Gasteiger partial charge in [-0.15, -0.1) is 0 Å². The summed E-state index contributed by atoms with van der Waals surface area (Å²) in [5.74, 6) is 3.51. The van der Waals surface area contributed by atoms with Gasteiger partial charge < -0.3 is 32.7 Å². The molecular formula is C43H86N6O2. The highest BCUT2D eigenvalue weighted by atomic mass is 16.2. The Bertz CT molecular complexity index is 824. The first-order valence-electron chi connectivity index (χ1n) is 22.1. The van der Waals surface area contributed by atoms with Crippen LogP contribution in [0.5, 0.6) is 0 Å². The van der Waals surface area contributed by atoms with Crippen LogP contribution in [0, 0.1) is 23.7 Å². The molecular weight excluding hydrogens is 633 g/mol. The van der Waals surface area contributed by atoms with Crippen LogP contribution in [0.3, 0.4) is 0 Å². The first kappa shape index (κ1) is 47.5. The third-order valence-electron chi connectivity index (χ3n) is 11.1. The third kappa shape index (κ3) is 26.9. The number of nitrogens with one attached hydrogen (secondary N) is 4. The zero-order valence-electron chi connectivity index (χ0n) is 33.8. The summed E-state index contributed by atoms with van der Waals surface area (Å²) >= 11 is 0. The highest BCUT2D eigenvalue weighted by molar-refractivity contribution is 5.76. The van der Waals surface area contributed by atoms with E-state index in [0.717, 1.165) is 75.5 Å². The maximum absolute atomic E-state index is 12.2. The van der Waals surface area contributed by atoms with Crippen molar-refractivity contribution < 1.29 is 9.59 Å². The van der Waals surface area contributed by atoms with Crippen molar-refractivity contribution in [2.24, 2.45) is 35.1 Å². The van der Waals surface area contributed by atoms with E-state index in [1.165, 1.54) is 122 Å². The molecule has 300 valence electrons. The number of hydrogen-bond acceptors (Lipinski definition) is 6. The van der Waals surface area contributed by atoms with Gasteiger partial charge in [0.05, 0.1) is 0 Å². The molecule has 1 aliphatic rings. The standard InChI is InChI=1S/C43H86N6O2/c1-3-5-7-8-12-18-24-40-38(22-16-6-4-2)28-29-39(23-17-11-9-14-20-26-42(50)48-36-34-46-32-30-44)41(40)25-19-13-10-15-21-27-43(51)49-37-35-47-33-31-45/h28-29,38-41,46-47H,3-27,30-37,44-45H2,1-2H3,(H,48,50)(H,49,51). The molecule has 8 nitrogen and oxygen atoms in total. The summed E-state index contributed by atoms with van der Waals surface area (Å²) in [5.41, 5.74) is 11.0. The number of hydrogen-bond donors (Lipinski definition) is 6. The molecule has 8 N–H and O–H groups in total. The van der Waals surface area contributed by atoms with Crippen molar-refractivity contribution in [3.05, 3.63) is 12.2 Å². The molecule has 0 aromatic carbocycles. The fraction of sp³-hybridized carbons (Fsp3) is 0.907. The van der Waals surface area contributed by atoms with E-state index < -0.39 is 0 Å². The van der Waals surface area contributed by atoms with E-state index >= 15 is 0 Å². The van der Waals surface area contributed by atoms with Gasteiger partial charge in [0.15, 0.2) is 0 Å². The van der Waals surface area contributed by atoms with Gasteiger partial charge in [-0.3, -0.25) is 9.59 Å². The molecule has 51 heavy (non-hydrogen) atoms. The molecule has 0 bridgehead atoms. The number of rotatable bonds is 37. The summed E-state index contributed by atoms with van der Waals surface area (Å²) in [5, 5.41) is 12.5. The van der Waals surface area contributed by atoms with Crippen LogP contribution in [0.1, 0.15) is 174 Å². The van der Waals surface area contributed by atoms with E-state index in [2.05, 4.69) is 47.3 Å². The summed E-state index contributed by atoms with van der Waals surface area (Å²) in [6.07, 6.45) is 36.4. The Balaban J connectivity index is 2.59. The Morgan fingerprint density at radius 3 is 1.24 bits per heavy atom. The highest BCUT2D eigenvalue weighted by Crippen LogP contribution is 2.44. The number of amides is 2. The summed E-state index contributed by atoms with van der Waals surface area (Å²) in [6, 6.07) is 0. The van der Waals surface area contributed by atoms with E-state index in [1.807, 2.05) is 0 Å². The molecule has 2 amide bonds. The van der Waals surface area contributed by atoms with Crippen molar-refractivity contribution >= 4 is 11.8 Å². The SMILES string of the molecule is CCCCCCCCC1C(CCCCC)C=CC(CCCCCCCC(=O)NCCNCCN)C1CCCCCCCC(=O)NCCNCCN. The second-order valence-corrected chi connectivity index (χ2v) is 15.5. The topological polar surface area (TPSA) is 134 Å². The van der Waals surface area contributed by atoms with Gasteiger partial charge in [0.2, 0.25) is 11.8 Å². The smallest absolute Gasteiger partial charge is 0.220 e. The largest absolute Gasteiger partial charge is 0.355 e. The van der Waals surface area contributed by atoms with Gasteiger partial charge in [-0.2, -0.15) is 0 Å². The zero-order chi connectivity index (χ0) is 37.0. The van der Waals surface area contributed by atoms with Gasteiger partial charge in [-0.1, -0.05) is 135 Å². The Morgan fingerprint density at radius 1 is 0.451 bits per heavy atom. The Kier molecular flexibility index (Phi) is 33.1. The summed E-state index contributed by atoms with van der Waals surface area (Å²) < 4.78 is 0. The molecule has 8 heteroatoms. The van der Waals surface area contributed by atoms with E-state index in [-0.39, 0.29) is 11.8 Å². The van der Waals surface area contributed by atoms with E-state index in [0.29, 0.717) is 39.0 Å². The maximum Gasteiger partial charge on any atom is 0.220 e. The van der Waals surface area contributed by atoms with Crippen LogP contribution >= 0.6 is 0 Å². The van der Waals surface area contributed by atoms with Gasteiger partial charge in [0.25, 0.3) is 0 Å². The number of unbranched alkanes of at least 4 members (excludes halogenated alkanes) is 15. The first-order valence-corrected chi connectivity index (χ1v) is 22.1. The summed E-state index contributed by atoms with van der Waals surface area (Å²) in [7, 11) is 0. The van der Waals surface area contributed by atoms with Crippen molar-refractivity contribution in [3.8, 4) is 0 Å². The molecule has 0 saturated heterocycles. The minimum Gasteiger partial charge on any atom is -0.355 e. The lowest BCUT2D eigenvalue weighted by atomic mass is 9.64. The molecule has 4 atom stereocenters. The molecule has 1 aliphatic carbocycles. The van der Waals surface area contributed by atoms with Crippen molar-refractivity contribution in [2.45, 2.75) is 174 Å². The summed E-state index contributed by atoms with van der Waals surface area (Å²) in [4.78, 5) is 24.3. The van der Waals surface area contributed by atoms with Crippen LogP contribution in [-0.4, -0.2) is 64.2 Å². The summed E-state index contributed by atoms with van der Waals surface area (Å²) in [6.45, 7) is 10.4. The minimum atomic E-state index is 0.178. The lowest BCUT2D eigenvalue weighted by molar-refractivity contribution is -0.122. The monoisotopic (exact) mass is 719 g/mol. The maximum atomic E-state index is 12.2. The third-order valence-corrected chi connectivity index (χ3v) is 11.1. The van der Waals surface area contributed by atoms with E-state index in [4.69, 9.17) is 11.5 Å². The van der Waals surface area contributed by atoms with E-state index in [9.17, 15) is 9.59 Å². The zero-order valence-corrected chi connectivity index (χ0v) is 33.8. The van der Waals surface area contributed by atoms with Crippen LogP contribution in [0.2, 0.25) is 0 Å². The number of allylic oxidation sites excluding steroid dienone is 2. The van der Waals surface area contributed by atoms with Crippen molar-refractivity contribution in [3.63, 3.8) is 0 Å². The first-order chi connectivity index (χ1) is 25.1. The predicted octanol–water partition coefficient (Wildman–Crippen LogP) is 8.14. The van der Waals surface area contributed by atoms with E-state index in [1.54, 1.807) is 0 Å². The number of nitrogens with two attached hydrogens (primary N) is 2. The van der Waals surface area contributed by atoms with Gasteiger partial charge in [0.1, 0.15) is 0 Å². The van der Waals surface area contributed by atoms with Gasteiger partial charge >= 0.3 is 0 Å². The average molecular weight is 719 g/mol. The fourth-order valence-corrected chi connectivity index (χ4v) is 8.08. The molecule has 0 aromatic rings. The van der Waals surface area contributed by atoms with Gasteiger partial charge in [-0.25, -0.2) is 0 Å². The second kappa shape index (κ2) is 35.5. The molecule has 0 spiro atoms. The highest BCUT2D eigenvalue weighted by Gasteiger charge is 2.34. The Hall–Kier alpha value is -1.48. The van der Waals surface area contributed by atoms with Crippen LogP contribution < -0.4 is 32.7 Å². The minimum absolute atomic E-state index is 0.178. The molecule has 0 saturated carbocycles. The predicted molar refractivity (Wildman–Crippen MR) is 220 cm³/mol. The van der Waals surface area contributed by atoms with Gasteiger partial charge in [0, 0.05) is 65.2 Å². The lowest BCUT2D eigenvalue weighted by Gasteiger charge is -2.41. The molecule has 4 unspecified atom stereocenters. The molecule has 0 fully saturated rings. The number of carbonyl (C=O) groups excluding carboxylic acids is 2. The van der Waals surface area contributed by atoms with Crippen molar-refractivity contribution in [1.82, 2.24) is 21.3 Å². The van der Waals surface area contributed by atoms with Crippen molar-refractivity contribution in [2.75, 3.05) is 52.4 Å². The van der Waals surface area contributed by atoms with Crippen LogP contribution in [0.25, 0.3) is 0 Å². The van der Waals surface area contributed by atoms with Crippen LogP contribution in [0.4, 0.5) is 0 Å². The second-order valence-electron chi connectivity index (χ2n) is 15.5. The quantitative estimate of drug-likeness (QED) is 0.0284. The Labute approximate surface area is 316 Å². The van der Waals surface area contributed by atoms with Gasteiger partial charge in [-0.05, 0) is 62.2 Å². The Morgan fingerprint density at radius 2 is 0.804 bits per heavy atom. The molecule has 0 radical (unpaired) electrons. The molecule has 1 rings (SSSR count). The number of carbonyl (C=O) groups is 2. The van der Waals surface area contributed by atoms with Crippen LogP contribution in [0.15, 0.2) is 12.2 Å². The van der Waals surface area contributed by atoms with Crippen molar-refractivity contribution in [1.29, 1.82) is 0 Å². The molecule has 0 aliphatic heterocycles. The fourth-order valence-electron chi connectivity index (χ4n) is 8.08. The molecule has 0 aromatic heterocycles. The van der Waals surface area contributed by atoms with Crippen LogP contribution in [-0.2, 0) is 9.59 Å². The lowest BCUT2D eigenvalue weighted by Crippen LogP contribution is -2.33. The molecule has 0 heterocycles. The average Bonchev–Trinajstić information content (AvgIpc) is 3.13.